The summed E-state index contributed by atoms with van der Waals surface area (Å²) in [4.78, 5) is 18.4. The van der Waals surface area contributed by atoms with Crippen LogP contribution in [0.2, 0.25) is 0 Å². The molecule has 5 rings (SSSR count). The van der Waals surface area contributed by atoms with Crippen molar-refractivity contribution >= 4 is 22.5 Å². The van der Waals surface area contributed by atoms with Crippen molar-refractivity contribution in [2.45, 2.75) is 40.5 Å². The summed E-state index contributed by atoms with van der Waals surface area (Å²) in [5.41, 5.74) is 10.7. The highest BCUT2D eigenvalue weighted by atomic mass is 16.6. The van der Waals surface area contributed by atoms with Crippen LogP contribution in [0.5, 0.6) is 0 Å². The van der Waals surface area contributed by atoms with E-state index < -0.39 is 0 Å². The highest BCUT2D eigenvalue weighted by Crippen LogP contribution is 2.15. The molecule has 0 aliphatic carbocycles. The molecule has 178 valence electrons. The molecule has 0 bridgehead atoms. The molecular formula is C25H26N8O2. The number of fused-ring (bicyclic) bond motifs is 3. The molecule has 2 N–H and O–H groups in total. The van der Waals surface area contributed by atoms with Gasteiger partial charge in [0.05, 0.1) is 23.1 Å². The Morgan fingerprint density at radius 3 is 2.69 bits per heavy atom. The summed E-state index contributed by atoms with van der Waals surface area (Å²) in [7, 11) is 0. The van der Waals surface area contributed by atoms with Crippen LogP contribution in [0, 0.1) is 13.8 Å². The Kier molecular flexibility index (Phi) is 5.77. The molecule has 10 heteroatoms. The Morgan fingerprint density at radius 1 is 1.09 bits per heavy atom. The van der Waals surface area contributed by atoms with Crippen molar-refractivity contribution in [3.63, 3.8) is 0 Å². The van der Waals surface area contributed by atoms with Crippen molar-refractivity contribution in [3.05, 3.63) is 93.3 Å². The Hall–Kier alpha value is -4.47. The molecule has 3 heterocycles. The SMILES string of the molecule is CCn1c(=O)c2ccccc2n2c(CO/N=C(/N)c3cccc(Cn4nc(C)cc4C)c3)nnc12. The lowest BCUT2D eigenvalue weighted by Gasteiger charge is -2.09. The number of aryl methyl sites for hydroxylation is 3. The van der Waals surface area contributed by atoms with E-state index in [0.717, 1.165) is 28.0 Å². The van der Waals surface area contributed by atoms with Crippen molar-refractivity contribution in [3.8, 4) is 0 Å². The molecule has 0 atom stereocenters. The van der Waals surface area contributed by atoms with Crippen LogP contribution in [0.4, 0.5) is 0 Å². The summed E-state index contributed by atoms with van der Waals surface area (Å²) in [6.07, 6.45) is 0. The molecule has 35 heavy (non-hydrogen) atoms. The third-order valence-corrected chi connectivity index (χ3v) is 5.91. The predicted molar refractivity (Wildman–Crippen MR) is 133 cm³/mol. The summed E-state index contributed by atoms with van der Waals surface area (Å²) in [5, 5.41) is 17.7. The molecule has 0 aliphatic heterocycles. The average molecular weight is 471 g/mol. The van der Waals surface area contributed by atoms with Crippen LogP contribution in [0.3, 0.4) is 0 Å². The van der Waals surface area contributed by atoms with E-state index in [9.17, 15) is 4.79 Å². The van der Waals surface area contributed by atoms with E-state index in [1.807, 2.05) is 78.4 Å². The molecule has 2 aromatic carbocycles. The second-order valence-corrected chi connectivity index (χ2v) is 8.35. The van der Waals surface area contributed by atoms with E-state index >= 15 is 0 Å². The first-order valence-electron chi connectivity index (χ1n) is 11.4. The van der Waals surface area contributed by atoms with E-state index in [-0.39, 0.29) is 18.0 Å². The molecule has 0 amide bonds. The molecule has 0 saturated carbocycles. The first-order valence-corrected chi connectivity index (χ1v) is 11.4. The standard InChI is InChI=1S/C25H26N8O2/c1-4-31-24(34)20-10-5-6-11-21(20)33-22(27-28-25(31)33)15-35-30-23(26)19-9-7-8-18(13-19)14-32-17(3)12-16(2)29-32/h5-13H,4,14-15H2,1-3H3,(H2,26,30). The van der Waals surface area contributed by atoms with E-state index in [1.54, 1.807) is 10.6 Å². The van der Waals surface area contributed by atoms with Crippen molar-refractivity contribution in [2.24, 2.45) is 10.9 Å². The van der Waals surface area contributed by atoms with Crippen molar-refractivity contribution < 1.29 is 4.84 Å². The van der Waals surface area contributed by atoms with Gasteiger partial charge in [0.1, 0.15) is 0 Å². The number of nitrogens with two attached hydrogens (primary N) is 1. The second-order valence-electron chi connectivity index (χ2n) is 8.35. The van der Waals surface area contributed by atoms with E-state index in [4.69, 9.17) is 10.6 Å². The number of amidine groups is 1. The van der Waals surface area contributed by atoms with Gasteiger partial charge in [0.15, 0.2) is 18.3 Å². The molecule has 5 aromatic rings. The molecule has 0 saturated heterocycles. The van der Waals surface area contributed by atoms with Gasteiger partial charge in [-0.1, -0.05) is 35.5 Å². The number of aromatic nitrogens is 6. The van der Waals surface area contributed by atoms with Gasteiger partial charge in [0.25, 0.3) is 5.56 Å². The maximum absolute atomic E-state index is 12.8. The number of benzene rings is 2. The summed E-state index contributed by atoms with van der Waals surface area (Å²) < 4.78 is 5.36. The fourth-order valence-electron chi connectivity index (χ4n) is 4.24. The summed E-state index contributed by atoms with van der Waals surface area (Å²) in [6.45, 7) is 7.06. The molecule has 0 aliphatic rings. The maximum atomic E-state index is 12.8. The lowest BCUT2D eigenvalue weighted by Crippen LogP contribution is -2.22. The lowest BCUT2D eigenvalue weighted by atomic mass is 10.1. The third-order valence-electron chi connectivity index (χ3n) is 5.91. The molecule has 0 fully saturated rings. The number of nitrogens with zero attached hydrogens (tertiary/aromatic N) is 7. The van der Waals surface area contributed by atoms with Crippen LogP contribution in [0.1, 0.15) is 35.3 Å². The topological polar surface area (TPSA) is 118 Å². The highest BCUT2D eigenvalue weighted by Gasteiger charge is 2.16. The van der Waals surface area contributed by atoms with E-state index in [2.05, 4.69) is 20.5 Å². The van der Waals surface area contributed by atoms with Crippen molar-refractivity contribution in [2.75, 3.05) is 0 Å². The molecule has 0 spiro atoms. The zero-order valence-electron chi connectivity index (χ0n) is 19.8. The first kappa shape index (κ1) is 22.3. The quantitative estimate of drug-likeness (QED) is 0.222. The van der Waals surface area contributed by atoms with Crippen LogP contribution < -0.4 is 11.3 Å². The second kappa shape index (κ2) is 9.05. The third kappa shape index (κ3) is 4.14. The summed E-state index contributed by atoms with van der Waals surface area (Å²) in [5.74, 6) is 1.24. The van der Waals surface area contributed by atoms with Crippen LogP contribution >= 0.6 is 0 Å². The molecule has 3 aromatic heterocycles. The van der Waals surface area contributed by atoms with Gasteiger partial charge in [-0.2, -0.15) is 5.10 Å². The fraction of sp³-hybridized carbons (Fsp3) is 0.240. The fourth-order valence-corrected chi connectivity index (χ4v) is 4.24. The Labute approximate surface area is 201 Å². The summed E-state index contributed by atoms with van der Waals surface area (Å²) in [6, 6.07) is 17.2. The van der Waals surface area contributed by atoms with Crippen LogP contribution in [-0.2, 0) is 24.5 Å². The largest absolute Gasteiger partial charge is 0.386 e. The van der Waals surface area contributed by atoms with Crippen molar-refractivity contribution in [1.29, 1.82) is 0 Å². The maximum Gasteiger partial charge on any atom is 0.262 e. The van der Waals surface area contributed by atoms with Gasteiger partial charge < -0.3 is 10.6 Å². The summed E-state index contributed by atoms with van der Waals surface area (Å²) >= 11 is 0. The number of oxime groups is 1. The molecule has 10 nitrogen and oxygen atoms in total. The number of hydrogen-bond acceptors (Lipinski definition) is 6. The van der Waals surface area contributed by atoms with Crippen LogP contribution in [0.15, 0.2) is 64.5 Å². The monoisotopic (exact) mass is 470 g/mol. The minimum absolute atomic E-state index is 0.0409. The average Bonchev–Trinajstić information content (AvgIpc) is 3.41. The Balaban J connectivity index is 1.39. The van der Waals surface area contributed by atoms with Crippen LogP contribution in [0.25, 0.3) is 16.7 Å². The lowest BCUT2D eigenvalue weighted by molar-refractivity contribution is 0.124. The zero-order chi connectivity index (χ0) is 24.5. The van der Waals surface area contributed by atoms with E-state index in [1.165, 1.54) is 0 Å². The van der Waals surface area contributed by atoms with Gasteiger partial charge in [0, 0.05) is 17.8 Å². The molecular weight excluding hydrogens is 444 g/mol. The minimum Gasteiger partial charge on any atom is -0.386 e. The number of hydrogen-bond donors (Lipinski definition) is 1. The number of rotatable bonds is 7. The van der Waals surface area contributed by atoms with Gasteiger partial charge in [-0.25, -0.2) is 0 Å². The zero-order valence-corrected chi connectivity index (χ0v) is 19.8. The van der Waals surface area contributed by atoms with Gasteiger partial charge >= 0.3 is 0 Å². The van der Waals surface area contributed by atoms with Gasteiger partial charge in [-0.05, 0) is 50.6 Å². The van der Waals surface area contributed by atoms with Crippen molar-refractivity contribution in [1.82, 2.24) is 28.9 Å². The normalized spacial score (nSPS) is 12.0. The molecule has 0 radical (unpaired) electrons. The first-order chi connectivity index (χ1) is 17.0. The van der Waals surface area contributed by atoms with Crippen LogP contribution in [-0.4, -0.2) is 34.8 Å². The predicted octanol–water partition coefficient (Wildman–Crippen LogP) is 2.76. The Morgan fingerprint density at radius 2 is 1.91 bits per heavy atom. The minimum atomic E-state index is -0.0990. The van der Waals surface area contributed by atoms with E-state index in [0.29, 0.717) is 30.1 Å². The smallest absolute Gasteiger partial charge is 0.262 e. The van der Waals surface area contributed by atoms with Gasteiger partial charge in [-0.15, -0.1) is 10.2 Å². The molecule has 0 unspecified atom stereocenters. The Bertz CT molecular complexity index is 1630. The van der Waals surface area contributed by atoms with Gasteiger partial charge in [0.2, 0.25) is 5.78 Å². The van der Waals surface area contributed by atoms with Gasteiger partial charge in [-0.3, -0.25) is 18.4 Å². The highest BCUT2D eigenvalue weighted by molar-refractivity contribution is 5.97. The number of para-hydroxylation sites is 1.